The topological polar surface area (TPSA) is 93.6 Å². The van der Waals surface area contributed by atoms with E-state index in [2.05, 4.69) is 17.2 Å². The van der Waals surface area contributed by atoms with Gasteiger partial charge in [-0.3, -0.25) is 4.79 Å². The van der Waals surface area contributed by atoms with Crippen LogP contribution < -0.4 is 15.8 Å². The number of carbonyl (C=O) groups excluding carboxylic acids is 1. The Morgan fingerprint density at radius 2 is 1.97 bits per heavy atom. The number of nitrogen functional groups attached to an aromatic ring is 1. The highest BCUT2D eigenvalue weighted by molar-refractivity contribution is 6.36. The van der Waals surface area contributed by atoms with Gasteiger partial charge in [0.1, 0.15) is 11.9 Å². The molecule has 3 heterocycles. The van der Waals surface area contributed by atoms with E-state index in [4.69, 9.17) is 38.1 Å². The molecule has 10 heteroatoms. The van der Waals surface area contributed by atoms with E-state index >= 15 is 0 Å². The fraction of sp³-hybridized carbons (Fsp3) is 0.286. The molecule has 7 nitrogen and oxygen atoms in total. The standard InChI is InChI=1S/C28H27Cl2FN4O3/c1-14-12-35(15(2)10-33-14)28(36)18-6-4-17(5-7-18)20-13-37-25-19(20)11-34-27(32)26(25)38-16(3)23-21(29)8-9-22(31)24(23)30/h4-9,11,13-16,33H,10,12H2,1-3H3,(H2,32,34)/t14-,15?,16+/m0/s1. The highest BCUT2D eigenvalue weighted by Gasteiger charge is 2.28. The van der Waals surface area contributed by atoms with E-state index in [0.717, 1.165) is 17.7 Å². The first kappa shape index (κ1) is 26.3. The molecule has 1 saturated heterocycles. The summed E-state index contributed by atoms with van der Waals surface area (Å²) in [6.07, 6.45) is 2.45. The van der Waals surface area contributed by atoms with Crippen molar-refractivity contribution in [1.82, 2.24) is 15.2 Å². The number of aromatic nitrogens is 1. The Balaban J connectivity index is 1.44. The van der Waals surface area contributed by atoms with Crippen LogP contribution in [0, 0.1) is 5.82 Å². The SMILES string of the molecule is CC1CN[C@@H](C)CN1C(=O)c1ccc(-c2coc3c(O[C@H](C)c4c(Cl)ccc(F)c4Cl)c(N)ncc23)cc1. The van der Waals surface area contributed by atoms with E-state index in [1.165, 1.54) is 12.1 Å². The number of hydrogen-bond acceptors (Lipinski definition) is 6. The molecule has 0 bridgehead atoms. The second kappa shape index (κ2) is 10.4. The number of anilines is 1. The molecule has 5 rings (SSSR count). The van der Waals surface area contributed by atoms with Crippen LogP contribution in [0.4, 0.5) is 10.2 Å². The van der Waals surface area contributed by atoms with Gasteiger partial charge in [-0.1, -0.05) is 35.3 Å². The lowest BCUT2D eigenvalue weighted by molar-refractivity contribution is 0.0616. The zero-order valence-electron chi connectivity index (χ0n) is 21.1. The van der Waals surface area contributed by atoms with Crippen molar-refractivity contribution < 1.29 is 18.3 Å². The van der Waals surface area contributed by atoms with Gasteiger partial charge in [0.2, 0.25) is 5.75 Å². The molecule has 1 unspecified atom stereocenters. The van der Waals surface area contributed by atoms with Crippen molar-refractivity contribution in [1.29, 1.82) is 0 Å². The highest BCUT2D eigenvalue weighted by atomic mass is 35.5. The minimum Gasteiger partial charge on any atom is -0.478 e. The van der Waals surface area contributed by atoms with Gasteiger partial charge in [0.25, 0.3) is 5.91 Å². The van der Waals surface area contributed by atoms with Gasteiger partial charge in [0.05, 0.1) is 16.7 Å². The number of benzene rings is 2. The van der Waals surface area contributed by atoms with Gasteiger partial charge < -0.3 is 25.1 Å². The summed E-state index contributed by atoms with van der Waals surface area (Å²) in [5.41, 5.74) is 9.02. The van der Waals surface area contributed by atoms with Crippen LogP contribution in [0.5, 0.6) is 5.75 Å². The number of fused-ring (bicyclic) bond motifs is 1. The lowest BCUT2D eigenvalue weighted by Crippen LogP contribution is -2.56. The molecule has 1 aliphatic rings. The van der Waals surface area contributed by atoms with Crippen LogP contribution in [0.2, 0.25) is 10.0 Å². The normalized spacial score (nSPS) is 18.5. The first-order chi connectivity index (χ1) is 18.2. The minimum atomic E-state index is -0.741. The van der Waals surface area contributed by atoms with Crippen LogP contribution in [0.15, 0.2) is 53.3 Å². The summed E-state index contributed by atoms with van der Waals surface area (Å²) in [4.78, 5) is 19.3. The van der Waals surface area contributed by atoms with Crippen LogP contribution >= 0.6 is 23.2 Å². The number of hydrogen-bond donors (Lipinski definition) is 2. The van der Waals surface area contributed by atoms with Crippen molar-refractivity contribution in [3.8, 4) is 16.9 Å². The summed E-state index contributed by atoms with van der Waals surface area (Å²) in [6, 6.07) is 10.4. The monoisotopic (exact) mass is 556 g/mol. The van der Waals surface area contributed by atoms with Crippen LogP contribution in [0.1, 0.15) is 42.8 Å². The number of ether oxygens (including phenoxy) is 1. The van der Waals surface area contributed by atoms with Crippen molar-refractivity contribution >= 4 is 45.9 Å². The number of rotatable bonds is 5. The summed E-state index contributed by atoms with van der Waals surface area (Å²) in [5.74, 6) is -0.294. The molecule has 1 aliphatic heterocycles. The molecular weight excluding hydrogens is 530 g/mol. The number of halogens is 3. The fourth-order valence-electron chi connectivity index (χ4n) is 4.73. The lowest BCUT2D eigenvalue weighted by atomic mass is 10.0. The molecule has 0 saturated carbocycles. The van der Waals surface area contributed by atoms with E-state index < -0.39 is 11.9 Å². The van der Waals surface area contributed by atoms with Crippen LogP contribution in [0.25, 0.3) is 22.1 Å². The van der Waals surface area contributed by atoms with Gasteiger partial charge in [-0.05, 0) is 50.6 Å². The Morgan fingerprint density at radius 3 is 2.71 bits per heavy atom. The maximum absolute atomic E-state index is 14.1. The smallest absolute Gasteiger partial charge is 0.254 e. The summed E-state index contributed by atoms with van der Waals surface area (Å²) in [7, 11) is 0. The third kappa shape index (κ3) is 4.79. The van der Waals surface area contributed by atoms with E-state index in [1.807, 2.05) is 36.1 Å². The first-order valence-corrected chi connectivity index (χ1v) is 13.0. The van der Waals surface area contributed by atoms with Gasteiger partial charge in [0, 0.05) is 53.1 Å². The summed E-state index contributed by atoms with van der Waals surface area (Å²) in [5, 5.41) is 4.20. The average Bonchev–Trinajstić information content (AvgIpc) is 3.33. The van der Waals surface area contributed by atoms with Gasteiger partial charge in [-0.15, -0.1) is 0 Å². The second-order valence-corrected chi connectivity index (χ2v) is 10.4. The predicted molar refractivity (Wildman–Crippen MR) is 147 cm³/mol. The molecule has 1 amide bonds. The number of amides is 1. The zero-order chi connectivity index (χ0) is 27.1. The number of pyridine rings is 1. The Kier molecular flexibility index (Phi) is 7.22. The van der Waals surface area contributed by atoms with Crippen LogP contribution in [-0.2, 0) is 0 Å². The third-order valence-electron chi connectivity index (χ3n) is 6.85. The molecule has 38 heavy (non-hydrogen) atoms. The number of nitrogens with two attached hydrogens (primary N) is 1. The molecule has 2 aromatic carbocycles. The summed E-state index contributed by atoms with van der Waals surface area (Å²) >= 11 is 12.4. The number of carbonyl (C=O) groups is 1. The minimum absolute atomic E-state index is 0.00300. The molecular formula is C28H27Cl2FN4O3. The fourth-order valence-corrected chi connectivity index (χ4v) is 5.41. The van der Waals surface area contributed by atoms with E-state index in [-0.39, 0.29) is 39.6 Å². The summed E-state index contributed by atoms with van der Waals surface area (Å²) < 4.78 is 26.0. The van der Waals surface area contributed by atoms with Crippen molar-refractivity contribution in [2.45, 2.75) is 39.0 Å². The van der Waals surface area contributed by atoms with E-state index in [1.54, 1.807) is 19.4 Å². The van der Waals surface area contributed by atoms with Crippen LogP contribution in [0.3, 0.4) is 0 Å². The van der Waals surface area contributed by atoms with Gasteiger partial charge in [-0.2, -0.15) is 0 Å². The van der Waals surface area contributed by atoms with Gasteiger partial charge in [-0.25, -0.2) is 9.37 Å². The molecule has 0 radical (unpaired) electrons. The van der Waals surface area contributed by atoms with Crippen molar-refractivity contribution in [3.63, 3.8) is 0 Å². The molecule has 0 spiro atoms. The Hall–Kier alpha value is -3.33. The Bertz CT molecular complexity index is 1510. The van der Waals surface area contributed by atoms with Crippen molar-refractivity contribution in [2.24, 2.45) is 0 Å². The molecule has 3 N–H and O–H groups in total. The first-order valence-electron chi connectivity index (χ1n) is 12.3. The Labute approximate surface area is 229 Å². The quantitative estimate of drug-likeness (QED) is 0.273. The maximum atomic E-state index is 14.1. The molecule has 1 fully saturated rings. The van der Waals surface area contributed by atoms with Gasteiger partial charge >= 0.3 is 0 Å². The molecule has 2 aromatic heterocycles. The number of nitrogens with one attached hydrogen (secondary N) is 1. The Morgan fingerprint density at radius 1 is 1.24 bits per heavy atom. The highest BCUT2D eigenvalue weighted by Crippen LogP contribution is 2.41. The third-order valence-corrected chi connectivity index (χ3v) is 7.56. The largest absolute Gasteiger partial charge is 0.478 e. The van der Waals surface area contributed by atoms with Crippen LogP contribution in [-0.4, -0.2) is 41.0 Å². The number of piperazine rings is 1. The van der Waals surface area contributed by atoms with Crippen molar-refractivity contribution in [2.75, 3.05) is 18.8 Å². The lowest BCUT2D eigenvalue weighted by Gasteiger charge is -2.37. The molecule has 4 aromatic rings. The average molecular weight is 557 g/mol. The zero-order valence-corrected chi connectivity index (χ0v) is 22.6. The van der Waals surface area contributed by atoms with Crippen molar-refractivity contribution in [3.05, 3.63) is 75.8 Å². The number of nitrogens with zero attached hydrogens (tertiary/aromatic N) is 2. The summed E-state index contributed by atoms with van der Waals surface area (Å²) in [6.45, 7) is 7.22. The van der Waals surface area contributed by atoms with E-state index in [0.29, 0.717) is 28.6 Å². The predicted octanol–water partition coefficient (Wildman–Crippen LogP) is 6.49. The maximum Gasteiger partial charge on any atom is 0.254 e. The second-order valence-electron chi connectivity index (χ2n) is 9.57. The van der Waals surface area contributed by atoms with Gasteiger partial charge in [0.15, 0.2) is 11.4 Å². The molecule has 3 atom stereocenters. The number of furan rings is 1. The molecule has 0 aliphatic carbocycles. The molecule has 198 valence electrons. The van der Waals surface area contributed by atoms with E-state index in [9.17, 15) is 9.18 Å².